The molecular formula is C21H21BrN2O2. The molecule has 3 rings (SSSR count). The summed E-state index contributed by atoms with van der Waals surface area (Å²) >= 11 is 3.41. The van der Waals surface area contributed by atoms with Crippen molar-refractivity contribution in [1.82, 2.24) is 4.98 Å². The number of hydrogen-bond acceptors (Lipinski definition) is 3. The van der Waals surface area contributed by atoms with Crippen molar-refractivity contribution in [3.05, 3.63) is 70.7 Å². The van der Waals surface area contributed by atoms with E-state index in [9.17, 15) is 4.79 Å². The van der Waals surface area contributed by atoms with Gasteiger partial charge in [0.05, 0.1) is 6.20 Å². The van der Waals surface area contributed by atoms with Crippen LogP contribution in [0.25, 0.3) is 11.3 Å². The second-order valence-corrected chi connectivity index (χ2v) is 7.37. The lowest BCUT2D eigenvalue weighted by Crippen LogP contribution is -2.12. The van der Waals surface area contributed by atoms with Crippen molar-refractivity contribution in [2.45, 2.75) is 32.6 Å². The van der Waals surface area contributed by atoms with Crippen LogP contribution >= 0.6 is 15.9 Å². The Bertz CT molecular complexity index is 868. The summed E-state index contributed by atoms with van der Waals surface area (Å²) in [5.74, 6) is 1.70. The zero-order valence-electron chi connectivity index (χ0n) is 14.8. The molecular weight excluding hydrogens is 392 g/mol. The van der Waals surface area contributed by atoms with Gasteiger partial charge in [0.15, 0.2) is 11.7 Å². The number of aromatic nitrogens is 1. The Balaban J connectivity index is 1.54. The Hall–Kier alpha value is -2.40. The number of oxazole rings is 1. The third-order valence-electron chi connectivity index (χ3n) is 4.11. The summed E-state index contributed by atoms with van der Waals surface area (Å²) in [7, 11) is 0. The monoisotopic (exact) mass is 412 g/mol. The van der Waals surface area contributed by atoms with E-state index < -0.39 is 0 Å². The molecule has 0 radical (unpaired) electrons. The molecule has 3 aromatic rings. The smallest absolute Gasteiger partial charge is 0.224 e. The van der Waals surface area contributed by atoms with Crippen LogP contribution in [0.4, 0.5) is 5.69 Å². The van der Waals surface area contributed by atoms with Gasteiger partial charge >= 0.3 is 0 Å². The lowest BCUT2D eigenvalue weighted by atomic mass is 10.0. The van der Waals surface area contributed by atoms with Gasteiger partial charge in [-0.2, -0.15) is 0 Å². The van der Waals surface area contributed by atoms with E-state index in [1.54, 1.807) is 6.20 Å². The van der Waals surface area contributed by atoms with Crippen molar-refractivity contribution in [2.24, 2.45) is 0 Å². The van der Waals surface area contributed by atoms with E-state index in [0.29, 0.717) is 30.4 Å². The summed E-state index contributed by atoms with van der Waals surface area (Å²) in [6.07, 6.45) is 2.49. The average molecular weight is 413 g/mol. The van der Waals surface area contributed by atoms with Crippen molar-refractivity contribution >= 4 is 27.5 Å². The molecule has 0 atom stereocenters. The zero-order valence-corrected chi connectivity index (χ0v) is 16.4. The zero-order chi connectivity index (χ0) is 18.5. The van der Waals surface area contributed by atoms with E-state index in [2.05, 4.69) is 40.1 Å². The van der Waals surface area contributed by atoms with Crippen LogP contribution in [0.15, 0.2) is 63.6 Å². The second kappa shape index (κ2) is 8.32. The fourth-order valence-electron chi connectivity index (χ4n) is 2.57. The number of benzene rings is 2. The second-order valence-electron chi connectivity index (χ2n) is 6.45. The van der Waals surface area contributed by atoms with Gasteiger partial charge < -0.3 is 9.73 Å². The van der Waals surface area contributed by atoms with Crippen LogP contribution in [0.2, 0.25) is 0 Å². The summed E-state index contributed by atoms with van der Waals surface area (Å²) in [5.41, 5.74) is 3.02. The molecule has 26 heavy (non-hydrogen) atoms. The number of aryl methyl sites for hydroxylation is 1. The first kappa shape index (κ1) is 18.4. The highest BCUT2D eigenvalue weighted by Crippen LogP contribution is 2.23. The van der Waals surface area contributed by atoms with Crippen LogP contribution in [0.3, 0.4) is 0 Å². The summed E-state index contributed by atoms with van der Waals surface area (Å²) in [4.78, 5) is 16.4. The number of anilines is 1. The molecule has 0 spiro atoms. The molecule has 2 aromatic carbocycles. The lowest BCUT2D eigenvalue weighted by molar-refractivity contribution is -0.116. The van der Waals surface area contributed by atoms with Crippen LogP contribution in [0, 0.1) is 0 Å². The number of nitrogens with one attached hydrogen (secondary N) is 1. The number of carbonyl (C=O) groups excluding carboxylic acids is 1. The number of halogens is 1. The van der Waals surface area contributed by atoms with Gasteiger partial charge in [-0.1, -0.05) is 54.0 Å². The first-order valence-electron chi connectivity index (χ1n) is 8.62. The summed E-state index contributed by atoms with van der Waals surface area (Å²) in [5, 5.41) is 2.91. The molecule has 0 unspecified atom stereocenters. The largest absolute Gasteiger partial charge is 0.441 e. The maximum absolute atomic E-state index is 12.1. The molecule has 5 heteroatoms. The molecule has 0 bridgehead atoms. The number of carbonyl (C=O) groups is 1. The Morgan fingerprint density at radius 3 is 2.46 bits per heavy atom. The van der Waals surface area contributed by atoms with Crippen molar-refractivity contribution < 1.29 is 9.21 Å². The molecule has 0 saturated carbocycles. The van der Waals surface area contributed by atoms with Crippen molar-refractivity contribution in [2.75, 3.05) is 5.32 Å². The molecule has 1 heterocycles. The maximum Gasteiger partial charge on any atom is 0.224 e. The van der Waals surface area contributed by atoms with E-state index in [1.807, 2.05) is 48.5 Å². The summed E-state index contributed by atoms with van der Waals surface area (Å²) < 4.78 is 6.76. The van der Waals surface area contributed by atoms with Gasteiger partial charge in [-0.25, -0.2) is 4.98 Å². The van der Waals surface area contributed by atoms with Crippen LogP contribution in [0.1, 0.15) is 37.6 Å². The molecule has 0 aliphatic rings. The highest BCUT2D eigenvalue weighted by Gasteiger charge is 2.09. The van der Waals surface area contributed by atoms with Gasteiger partial charge in [0.25, 0.3) is 0 Å². The first-order valence-corrected chi connectivity index (χ1v) is 9.41. The Labute approximate surface area is 161 Å². The predicted molar refractivity (Wildman–Crippen MR) is 107 cm³/mol. The topological polar surface area (TPSA) is 55.1 Å². The predicted octanol–water partition coefficient (Wildman–Crippen LogP) is 5.80. The molecule has 4 nitrogen and oxygen atoms in total. The lowest BCUT2D eigenvalue weighted by Gasteiger charge is -2.08. The molecule has 0 saturated heterocycles. The summed E-state index contributed by atoms with van der Waals surface area (Å²) in [6.45, 7) is 4.29. The SMILES string of the molecule is CC(C)c1ccc(NC(=O)CCc2ncc(-c3ccc(Br)cc3)o2)cc1. The molecule has 1 amide bonds. The number of amides is 1. The van der Waals surface area contributed by atoms with E-state index in [-0.39, 0.29) is 5.91 Å². The van der Waals surface area contributed by atoms with Gasteiger partial charge in [0.2, 0.25) is 5.91 Å². The Kier molecular flexibility index (Phi) is 5.89. The number of rotatable bonds is 6. The average Bonchev–Trinajstić information content (AvgIpc) is 3.10. The van der Waals surface area contributed by atoms with Gasteiger partial charge in [-0.05, 0) is 35.7 Å². The van der Waals surface area contributed by atoms with Crippen molar-refractivity contribution in [1.29, 1.82) is 0 Å². The molecule has 0 aliphatic carbocycles. The van der Waals surface area contributed by atoms with Crippen LogP contribution in [0.5, 0.6) is 0 Å². The number of nitrogens with zero attached hydrogens (tertiary/aromatic N) is 1. The minimum absolute atomic E-state index is 0.0503. The third-order valence-corrected chi connectivity index (χ3v) is 4.64. The minimum atomic E-state index is -0.0503. The van der Waals surface area contributed by atoms with Gasteiger partial charge in [0.1, 0.15) is 0 Å². The first-order chi connectivity index (χ1) is 12.5. The molecule has 134 valence electrons. The van der Waals surface area contributed by atoms with E-state index in [0.717, 1.165) is 15.7 Å². The quantitative estimate of drug-likeness (QED) is 0.556. The molecule has 0 aliphatic heterocycles. The maximum atomic E-state index is 12.1. The normalized spacial score (nSPS) is 10.9. The highest BCUT2D eigenvalue weighted by atomic mass is 79.9. The van der Waals surface area contributed by atoms with Gasteiger partial charge in [-0.3, -0.25) is 4.79 Å². The highest BCUT2D eigenvalue weighted by molar-refractivity contribution is 9.10. The number of hydrogen-bond donors (Lipinski definition) is 1. The third kappa shape index (κ3) is 4.82. The molecule has 1 aromatic heterocycles. The standard InChI is InChI=1S/C21H21BrN2O2/c1-14(2)15-5-9-18(10-6-15)24-20(25)11-12-21-23-13-19(26-21)16-3-7-17(22)8-4-16/h3-10,13-14H,11-12H2,1-2H3,(H,24,25). The van der Waals surface area contributed by atoms with Crippen LogP contribution in [-0.4, -0.2) is 10.9 Å². The van der Waals surface area contributed by atoms with E-state index in [4.69, 9.17) is 4.42 Å². The van der Waals surface area contributed by atoms with Crippen LogP contribution in [-0.2, 0) is 11.2 Å². The van der Waals surface area contributed by atoms with Gasteiger partial charge in [-0.15, -0.1) is 0 Å². The van der Waals surface area contributed by atoms with Crippen LogP contribution < -0.4 is 5.32 Å². The van der Waals surface area contributed by atoms with E-state index >= 15 is 0 Å². The van der Waals surface area contributed by atoms with Crippen molar-refractivity contribution in [3.8, 4) is 11.3 Å². The molecule has 0 fully saturated rings. The fraction of sp³-hybridized carbons (Fsp3) is 0.238. The van der Waals surface area contributed by atoms with E-state index in [1.165, 1.54) is 5.56 Å². The minimum Gasteiger partial charge on any atom is -0.441 e. The van der Waals surface area contributed by atoms with Gasteiger partial charge in [0, 0.05) is 28.6 Å². The van der Waals surface area contributed by atoms with Crippen molar-refractivity contribution in [3.63, 3.8) is 0 Å². The Morgan fingerprint density at radius 2 is 1.81 bits per heavy atom. The summed E-state index contributed by atoms with van der Waals surface area (Å²) in [6, 6.07) is 15.8. The Morgan fingerprint density at radius 1 is 1.12 bits per heavy atom. The molecule has 1 N–H and O–H groups in total. The fourth-order valence-corrected chi connectivity index (χ4v) is 2.83.